The first-order chi connectivity index (χ1) is 7.13. The molecule has 0 N–H and O–H groups in total. The van der Waals surface area contributed by atoms with Crippen LogP contribution in [0.1, 0.15) is 36.8 Å². The van der Waals surface area contributed by atoms with Gasteiger partial charge in [0.1, 0.15) is 5.82 Å². The first-order valence-electron chi connectivity index (χ1n) is 5.19. The molecule has 0 radical (unpaired) electrons. The number of thiazole rings is 1. The number of fused-ring (bicyclic) bond motifs is 1. The maximum Gasteiger partial charge on any atom is 0.142 e. The van der Waals surface area contributed by atoms with Crippen molar-refractivity contribution in [3.63, 3.8) is 0 Å². The average molecular weight is 223 g/mol. The molecule has 0 aliphatic rings. The monoisotopic (exact) mass is 223 g/mol. The number of nitrogens with zero attached hydrogens (tertiary/aromatic N) is 1. The van der Waals surface area contributed by atoms with Crippen LogP contribution in [0.3, 0.4) is 0 Å². The van der Waals surface area contributed by atoms with E-state index in [1.54, 1.807) is 6.07 Å². The van der Waals surface area contributed by atoms with Crippen molar-refractivity contribution in [1.82, 2.24) is 4.98 Å². The number of hydrogen-bond acceptors (Lipinski definition) is 2. The third kappa shape index (κ3) is 1.76. The molecule has 0 saturated carbocycles. The van der Waals surface area contributed by atoms with E-state index in [4.69, 9.17) is 0 Å². The molecule has 0 fully saturated rings. The van der Waals surface area contributed by atoms with Gasteiger partial charge in [-0.1, -0.05) is 19.9 Å². The molecule has 0 aliphatic carbocycles. The van der Waals surface area contributed by atoms with Gasteiger partial charge in [0.2, 0.25) is 0 Å². The topological polar surface area (TPSA) is 12.9 Å². The number of aromatic nitrogens is 1. The number of benzene rings is 1. The minimum Gasteiger partial charge on any atom is -0.241 e. The number of rotatable bonds is 2. The van der Waals surface area contributed by atoms with E-state index in [0.29, 0.717) is 10.6 Å². The summed E-state index contributed by atoms with van der Waals surface area (Å²) in [5.74, 6) is 0.267. The lowest BCUT2D eigenvalue weighted by molar-refractivity contribution is 0.641. The second-order valence-corrected chi connectivity index (χ2v) is 4.93. The molecule has 0 amide bonds. The van der Waals surface area contributed by atoms with Gasteiger partial charge in [-0.15, -0.1) is 11.3 Å². The first-order valence-corrected chi connectivity index (χ1v) is 6.00. The zero-order valence-corrected chi connectivity index (χ0v) is 9.99. The Morgan fingerprint density at radius 1 is 1.47 bits per heavy atom. The highest BCUT2D eigenvalue weighted by molar-refractivity contribution is 7.18. The predicted octanol–water partition coefficient (Wildman–Crippen LogP) is 4.26. The third-order valence-corrected chi connectivity index (χ3v) is 4.04. The van der Waals surface area contributed by atoms with Crippen molar-refractivity contribution in [3.8, 4) is 0 Å². The van der Waals surface area contributed by atoms with Gasteiger partial charge in [0.05, 0.1) is 15.2 Å². The lowest BCUT2D eigenvalue weighted by Gasteiger charge is -2.00. The molecule has 1 unspecified atom stereocenters. The van der Waals surface area contributed by atoms with Gasteiger partial charge in [-0.25, -0.2) is 9.37 Å². The molecule has 80 valence electrons. The Morgan fingerprint density at radius 2 is 2.20 bits per heavy atom. The Morgan fingerprint density at radius 3 is 2.80 bits per heavy atom. The molecule has 1 aromatic heterocycles. The molecule has 1 heterocycles. The highest BCUT2D eigenvalue weighted by Crippen LogP contribution is 2.32. The maximum atomic E-state index is 13.5. The van der Waals surface area contributed by atoms with E-state index in [2.05, 4.69) is 18.8 Å². The summed E-state index contributed by atoms with van der Waals surface area (Å²) in [4.78, 5) is 4.52. The van der Waals surface area contributed by atoms with E-state index in [-0.39, 0.29) is 5.82 Å². The van der Waals surface area contributed by atoms with Crippen LogP contribution in [0.15, 0.2) is 12.1 Å². The van der Waals surface area contributed by atoms with Crippen molar-refractivity contribution >= 4 is 21.6 Å². The molecule has 0 saturated heterocycles. The number of halogens is 1. The van der Waals surface area contributed by atoms with Gasteiger partial charge < -0.3 is 0 Å². The summed E-state index contributed by atoms with van der Waals surface area (Å²) < 4.78 is 14.2. The highest BCUT2D eigenvalue weighted by atomic mass is 32.1. The molecule has 1 nitrogen and oxygen atoms in total. The second-order valence-electron chi connectivity index (χ2n) is 3.90. The molecule has 1 atom stereocenters. The van der Waals surface area contributed by atoms with E-state index < -0.39 is 0 Å². The summed E-state index contributed by atoms with van der Waals surface area (Å²) in [6, 6.07) is 3.31. The summed E-state index contributed by atoms with van der Waals surface area (Å²) in [5.41, 5.74) is 1.88. The highest BCUT2D eigenvalue weighted by Gasteiger charge is 2.13. The fourth-order valence-corrected chi connectivity index (χ4v) is 2.69. The molecule has 2 rings (SSSR count). The minimum atomic E-state index is -0.150. The Hall–Kier alpha value is -0.960. The Balaban J connectivity index is 2.64. The maximum absolute atomic E-state index is 13.5. The van der Waals surface area contributed by atoms with Gasteiger partial charge in [-0.05, 0) is 25.0 Å². The van der Waals surface area contributed by atoms with Gasteiger partial charge >= 0.3 is 0 Å². The van der Waals surface area contributed by atoms with Crippen LogP contribution >= 0.6 is 11.3 Å². The smallest absolute Gasteiger partial charge is 0.142 e. The van der Waals surface area contributed by atoms with E-state index in [0.717, 1.165) is 22.5 Å². The zero-order valence-electron chi connectivity index (χ0n) is 9.17. The lowest BCUT2D eigenvalue weighted by Crippen LogP contribution is -1.88. The van der Waals surface area contributed by atoms with E-state index in [1.165, 1.54) is 17.4 Å². The predicted molar refractivity (Wildman–Crippen MR) is 63.0 cm³/mol. The molecule has 0 aliphatic heterocycles. The standard InChI is InChI=1S/C12H14FNS/c1-4-7(2)12-14-10-8(3)5-6-9(13)11(10)15-12/h5-7H,4H2,1-3H3. The molecule has 0 bridgehead atoms. The van der Waals surface area contributed by atoms with Crippen molar-refractivity contribution in [2.75, 3.05) is 0 Å². The Bertz CT molecular complexity index is 451. The van der Waals surface area contributed by atoms with Crippen LogP contribution in [0.5, 0.6) is 0 Å². The number of hydrogen-bond donors (Lipinski definition) is 0. The first kappa shape index (κ1) is 10.6. The van der Waals surface area contributed by atoms with Gasteiger partial charge in [0.15, 0.2) is 0 Å². The molecule has 15 heavy (non-hydrogen) atoms. The van der Waals surface area contributed by atoms with Crippen LogP contribution in [0.25, 0.3) is 10.2 Å². The molecule has 2 aromatic rings. The summed E-state index contributed by atoms with van der Waals surface area (Å²) >= 11 is 1.48. The van der Waals surface area contributed by atoms with Crippen molar-refractivity contribution < 1.29 is 4.39 Å². The van der Waals surface area contributed by atoms with Gasteiger partial charge in [-0.2, -0.15) is 0 Å². The summed E-state index contributed by atoms with van der Waals surface area (Å²) in [5, 5.41) is 1.04. The SMILES string of the molecule is CCC(C)c1nc2c(C)ccc(F)c2s1. The molecular formula is C12H14FNS. The Kier molecular flexibility index (Phi) is 2.74. The largest absolute Gasteiger partial charge is 0.241 e. The number of aryl methyl sites for hydroxylation is 1. The summed E-state index contributed by atoms with van der Waals surface area (Å²) in [7, 11) is 0. The van der Waals surface area contributed by atoms with Gasteiger partial charge in [-0.3, -0.25) is 0 Å². The molecular weight excluding hydrogens is 209 g/mol. The molecule has 3 heteroatoms. The van der Waals surface area contributed by atoms with Crippen LogP contribution in [0.4, 0.5) is 4.39 Å². The quantitative estimate of drug-likeness (QED) is 0.741. The van der Waals surface area contributed by atoms with Crippen molar-refractivity contribution in [2.45, 2.75) is 33.1 Å². The van der Waals surface area contributed by atoms with Crippen molar-refractivity contribution in [1.29, 1.82) is 0 Å². The van der Waals surface area contributed by atoms with Crippen LogP contribution < -0.4 is 0 Å². The fraction of sp³-hybridized carbons (Fsp3) is 0.417. The zero-order chi connectivity index (χ0) is 11.0. The van der Waals surface area contributed by atoms with Gasteiger partial charge in [0.25, 0.3) is 0 Å². The normalized spacial score (nSPS) is 13.3. The van der Waals surface area contributed by atoms with Crippen LogP contribution in [-0.4, -0.2) is 4.98 Å². The van der Waals surface area contributed by atoms with Crippen LogP contribution in [-0.2, 0) is 0 Å². The minimum absolute atomic E-state index is 0.150. The Labute approximate surface area is 93.0 Å². The van der Waals surface area contributed by atoms with Crippen LogP contribution in [0.2, 0.25) is 0 Å². The van der Waals surface area contributed by atoms with E-state index in [9.17, 15) is 4.39 Å². The van der Waals surface area contributed by atoms with Crippen molar-refractivity contribution in [3.05, 3.63) is 28.5 Å². The summed E-state index contributed by atoms with van der Waals surface area (Å²) in [6.07, 6.45) is 1.04. The van der Waals surface area contributed by atoms with E-state index in [1.807, 2.05) is 6.92 Å². The van der Waals surface area contributed by atoms with Crippen LogP contribution in [0, 0.1) is 12.7 Å². The second kappa shape index (κ2) is 3.89. The summed E-state index contributed by atoms with van der Waals surface area (Å²) in [6.45, 7) is 6.23. The van der Waals surface area contributed by atoms with E-state index >= 15 is 0 Å². The van der Waals surface area contributed by atoms with Crippen molar-refractivity contribution in [2.24, 2.45) is 0 Å². The van der Waals surface area contributed by atoms with Gasteiger partial charge in [0, 0.05) is 5.92 Å². The molecule has 1 aromatic carbocycles. The third-order valence-electron chi connectivity index (χ3n) is 2.75. The lowest BCUT2D eigenvalue weighted by atomic mass is 10.1. The average Bonchev–Trinajstić information content (AvgIpc) is 2.68. The fourth-order valence-electron chi connectivity index (χ4n) is 1.50. The molecule has 0 spiro atoms.